The molecule has 1 amide bonds. The number of carbonyl (C=O) groups excluding carboxylic acids is 1. The van der Waals surface area contributed by atoms with Crippen LogP contribution in [0.4, 0.5) is 0 Å². The predicted octanol–water partition coefficient (Wildman–Crippen LogP) is -0.158. The van der Waals surface area contributed by atoms with E-state index < -0.39 is 0 Å². The molecule has 5 heteroatoms. The van der Waals surface area contributed by atoms with Crippen LogP contribution in [0.3, 0.4) is 0 Å². The van der Waals surface area contributed by atoms with Crippen molar-refractivity contribution in [2.75, 3.05) is 39.4 Å². The van der Waals surface area contributed by atoms with E-state index in [-0.39, 0.29) is 17.9 Å². The first-order chi connectivity index (χ1) is 8.09. The Morgan fingerprint density at radius 2 is 2.06 bits per heavy atom. The van der Waals surface area contributed by atoms with Gasteiger partial charge in [-0.1, -0.05) is 13.8 Å². The van der Waals surface area contributed by atoms with E-state index in [9.17, 15) is 9.90 Å². The summed E-state index contributed by atoms with van der Waals surface area (Å²) in [5.74, 6) is 0.272. The van der Waals surface area contributed by atoms with Crippen molar-refractivity contribution in [3.63, 3.8) is 0 Å². The van der Waals surface area contributed by atoms with Gasteiger partial charge < -0.3 is 15.2 Å². The van der Waals surface area contributed by atoms with E-state index in [1.807, 2.05) is 13.8 Å². The highest BCUT2D eigenvalue weighted by Crippen LogP contribution is 2.04. The standard InChI is InChI=1S/C12H24N2O3/c1-10(2)11(15)3-4-13-12(16)9-14-5-7-17-8-6-14/h10-11,15H,3-9H2,1-2H3,(H,13,16). The van der Waals surface area contributed by atoms with Crippen LogP contribution in [0.25, 0.3) is 0 Å². The van der Waals surface area contributed by atoms with E-state index in [2.05, 4.69) is 10.2 Å². The van der Waals surface area contributed by atoms with Crippen molar-refractivity contribution < 1.29 is 14.6 Å². The van der Waals surface area contributed by atoms with Gasteiger partial charge in [0.05, 0.1) is 25.9 Å². The Kier molecular flexibility index (Phi) is 6.47. The minimum absolute atomic E-state index is 0.0304. The molecular weight excluding hydrogens is 220 g/mol. The maximum Gasteiger partial charge on any atom is 0.234 e. The van der Waals surface area contributed by atoms with E-state index in [4.69, 9.17) is 4.74 Å². The highest BCUT2D eigenvalue weighted by atomic mass is 16.5. The van der Waals surface area contributed by atoms with Crippen LogP contribution >= 0.6 is 0 Å². The fourth-order valence-corrected chi connectivity index (χ4v) is 1.71. The molecule has 1 unspecified atom stereocenters. The molecule has 17 heavy (non-hydrogen) atoms. The third-order valence-corrected chi connectivity index (χ3v) is 3.00. The number of ether oxygens (including phenoxy) is 1. The molecule has 2 N–H and O–H groups in total. The molecule has 1 atom stereocenters. The summed E-state index contributed by atoms with van der Waals surface area (Å²) in [6.07, 6.45) is 0.283. The zero-order chi connectivity index (χ0) is 12.7. The maximum absolute atomic E-state index is 11.6. The van der Waals surface area contributed by atoms with Gasteiger partial charge in [0.1, 0.15) is 0 Å². The summed E-state index contributed by atoms with van der Waals surface area (Å²) in [5, 5.41) is 12.4. The van der Waals surface area contributed by atoms with Gasteiger partial charge in [0.2, 0.25) is 5.91 Å². The number of nitrogens with zero attached hydrogens (tertiary/aromatic N) is 1. The van der Waals surface area contributed by atoms with E-state index >= 15 is 0 Å². The average molecular weight is 244 g/mol. The molecule has 1 rings (SSSR count). The Bertz CT molecular complexity index is 228. The second kappa shape index (κ2) is 7.63. The molecular formula is C12H24N2O3. The number of amides is 1. The van der Waals surface area contributed by atoms with Crippen LogP contribution in [0.15, 0.2) is 0 Å². The lowest BCUT2D eigenvalue weighted by Gasteiger charge is -2.25. The second-order valence-corrected chi connectivity index (χ2v) is 4.84. The molecule has 0 radical (unpaired) electrons. The lowest BCUT2D eigenvalue weighted by atomic mass is 10.0. The van der Waals surface area contributed by atoms with Gasteiger partial charge in [-0.05, 0) is 12.3 Å². The van der Waals surface area contributed by atoms with Crippen LogP contribution in [-0.4, -0.2) is 61.4 Å². The molecule has 1 aliphatic heterocycles. The van der Waals surface area contributed by atoms with Crippen molar-refractivity contribution in [2.24, 2.45) is 5.92 Å². The molecule has 100 valence electrons. The number of aliphatic hydroxyl groups excluding tert-OH is 1. The summed E-state index contributed by atoms with van der Waals surface area (Å²) in [7, 11) is 0. The van der Waals surface area contributed by atoms with Gasteiger partial charge in [-0.2, -0.15) is 0 Å². The molecule has 1 heterocycles. The summed E-state index contributed by atoms with van der Waals surface area (Å²) in [6, 6.07) is 0. The number of morpholine rings is 1. The third-order valence-electron chi connectivity index (χ3n) is 3.00. The number of hydrogen-bond acceptors (Lipinski definition) is 4. The summed E-state index contributed by atoms with van der Waals surface area (Å²) >= 11 is 0. The summed E-state index contributed by atoms with van der Waals surface area (Å²) in [6.45, 7) is 7.98. The third kappa shape index (κ3) is 6.00. The van der Waals surface area contributed by atoms with Crippen LogP contribution in [-0.2, 0) is 9.53 Å². The monoisotopic (exact) mass is 244 g/mol. The van der Waals surface area contributed by atoms with E-state index in [0.717, 1.165) is 13.1 Å². The Labute approximate surface area is 103 Å². The number of aliphatic hydroxyl groups is 1. The molecule has 1 saturated heterocycles. The Balaban J connectivity index is 2.08. The smallest absolute Gasteiger partial charge is 0.234 e. The number of carbonyl (C=O) groups is 1. The van der Waals surface area contributed by atoms with Crippen LogP contribution in [0.5, 0.6) is 0 Å². The second-order valence-electron chi connectivity index (χ2n) is 4.84. The largest absolute Gasteiger partial charge is 0.393 e. The van der Waals surface area contributed by atoms with Gasteiger partial charge in [0.15, 0.2) is 0 Å². The van der Waals surface area contributed by atoms with Crippen molar-refractivity contribution in [3.05, 3.63) is 0 Å². The van der Waals surface area contributed by atoms with Gasteiger partial charge in [-0.3, -0.25) is 9.69 Å². The molecule has 1 fully saturated rings. The summed E-state index contributed by atoms with van der Waals surface area (Å²) in [4.78, 5) is 13.7. The fraction of sp³-hybridized carbons (Fsp3) is 0.917. The zero-order valence-corrected chi connectivity index (χ0v) is 10.8. The molecule has 0 saturated carbocycles. The van der Waals surface area contributed by atoms with Gasteiger partial charge in [0.25, 0.3) is 0 Å². The first kappa shape index (κ1) is 14.4. The van der Waals surface area contributed by atoms with E-state index in [1.54, 1.807) is 0 Å². The number of hydrogen-bond donors (Lipinski definition) is 2. The molecule has 1 aliphatic rings. The average Bonchev–Trinajstić information content (AvgIpc) is 2.30. The quantitative estimate of drug-likeness (QED) is 0.682. The highest BCUT2D eigenvalue weighted by molar-refractivity contribution is 5.77. The van der Waals surface area contributed by atoms with E-state index in [1.165, 1.54) is 0 Å². The SMILES string of the molecule is CC(C)C(O)CCNC(=O)CN1CCOCC1. The summed E-state index contributed by atoms with van der Waals surface area (Å²) < 4.78 is 5.21. The number of rotatable bonds is 6. The van der Waals surface area contributed by atoms with Gasteiger partial charge in [0, 0.05) is 19.6 Å². The first-order valence-electron chi connectivity index (χ1n) is 6.34. The van der Waals surface area contributed by atoms with Crippen LogP contribution in [0.2, 0.25) is 0 Å². The van der Waals surface area contributed by atoms with Gasteiger partial charge in [-0.15, -0.1) is 0 Å². The molecule has 5 nitrogen and oxygen atoms in total. The van der Waals surface area contributed by atoms with Crippen molar-refractivity contribution in [2.45, 2.75) is 26.4 Å². The number of nitrogens with one attached hydrogen (secondary N) is 1. The Morgan fingerprint density at radius 3 is 2.65 bits per heavy atom. The Hall–Kier alpha value is -0.650. The molecule has 0 aromatic rings. The van der Waals surface area contributed by atoms with Crippen molar-refractivity contribution in [3.8, 4) is 0 Å². The topological polar surface area (TPSA) is 61.8 Å². The minimum Gasteiger partial charge on any atom is -0.393 e. The highest BCUT2D eigenvalue weighted by Gasteiger charge is 2.14. The Morgan fingerprint density at radius 1 is 1.41 bits per heavy atom. The van der Waals surface area contributed by atoms with Crippen molar-refractivity contribution in [1.82, 2.24) is 10.2 Å². The molecule has 0 bridgehead atoms. The zero-order valence-electron chi connectivity index (χ0n) is 10.8. The first-order valence-corrected chi connectivity index (χ1v) is 6.34. The van der Waals surface area contributed by atoms with Gasteiger partial charge in [-0.25, -0.2) is 0 Å². The predicted molar refractivity (Wildman–Crippen MR) is 65.7 cm³/mol. The molecule has 0 aliphatic carbocycles. The van der Waals surface area contributed by atoms with Crippen molar-refractivity contribution in [1.29, 1.82) is 0 Å². The molecule has 0 aromatic heterocycles. The molecule has 0 aromatic carbocycles. The fourth-order valence-electron chi connectivity index (χ4n) is 1.71. The molecule has 0 spiro atoms. The van der Waals surface area contributed by atoms with E-state index in [0.29, 0.717) is 32.7 Å². The normalized spacial score (nSPS) is 19.3. The summed E-state index contributed by atoms with van der Waals surface area (Å²) in [5.41, 5.74) is 0. The maximum atomic E-state index is 11.6. The lowest BCUT2D eigenvalue weighted by Crippen LogP contribution is -2.43. The lowest BCUT2D eigenvalue weighted by molar-refractivity contribution is -0.123. The van der Waals surface area contributed by atoms with Crippen LogP contribution in [0, 0.1) is 5.92 Å². The van der Waals surface area contributed by atoms with Crippen LogP contribution < -0.4 is 5.32 Å². The van der Waals surface area contributed by atoms with Crippen LogP contribution in [0.1, 0.15) is 20.3 Å². The van der Waals surface area contributed by atoms with Gasteiger partial charge >= 0.3 is 0 Å². The minimum atomic E-state index is -0.335. The van der Waals surface area contributed by atoms with Crippen molar-refractivity contribution >= 4 is 5.91 Å².